The molecular weight excluding hydrogens is 244 g/mol. The Labute approximate surface area is 112 Å². The highest BCUT2D eigenvalue weighted by Gasteiger charge is 2.21. The second-order valence-electron chi connectivity index (χ2n) is 5.06. The second-order valence-corrected chi connectivity index (χ2v) is 5.06. The average molecular weight is 264 g/mol. The molecule has 0 atom stereocenters. The molecule has 0 aromatic carbocycles. The van der Waals surface area contributed by atoms with E-state index >= 15 is 0 Å². The van der Waals surface area contributed by atoms with Gasteiger partial charge in [0.15, 0.2) is 0 Å². The van der Waals surface area contributed by atoms with E-state index in [1.807, 2.05) is 15.6 Å². The van der Waals surface area contributed by atoms with Gasteiger partial charge in [0.2, 0.25) is 5.91 Å². The highest BCUT2D eigenvalue weighted by atomic mass is 16.5. The van der Waals surface area contributed by atoms with Gasteiger partial charge in [0.05, 0.1) is 13.2 Å². The quantitative estimate of drug-likeness (QED) is 0.745. The normalized spacial score (nSPS) is 21.3. The monoisotopic (exact) mass is 264 g/mol. The van der Waals surface area contributed by atoms with Crippen molar-refractivity contribution in [1.29, 1.82) is 0 Å². The lowest BCUT2D eigenvalue weighted by atomic mass is 10.3. The number of rotatable bonds is 3. The third-order valence-corrected chi connectivity index (χ3v) is 3.87. The maximum Gasteiger partial charge on any atom is 0.244 e. The van der Waals surface area contributed by atoms with Crippen molar-refractivity contribution in [3.05, 3.63) is 18.0 Å². The zero-order valence-corrected chi connectivity index (χ0v) is 11.1. The van der Waals surface area contributed by atoms with E-state index in [4.69, 9.17) is 4.74 Å². The number of hydrogen-bond acceptors (Lipinski definition) is 4. The molecule has 0 N–H and O–H groups in total. The number of morpholine rings is 1. The fraction of sp³-hybridized carbons (Fsp3) is 0.692. The maximum atomic E-state index is 12.2. The Morgan fingerprint density at radius 3 is 2.89 bits per heavy atom. The van der Waals surface area contributed by atoms with Gasteiger partial charge in [-0.2, -0.15) is 5.10 Å². The lowest BCUT2D eigenvalue weighted by Crippen LogP contribution is -2.43. The van der Waals surface area contributed by atoms with Crippen LogP contribution >= 0.6 is 0 Å². The van der Waals surface area contributed by atoms with Gasteiger partial charge in [0.1, 0.15) is 6.54 Å². The first-order valence-corrected chi connectivity index (χ1v) is 6.91. The molecule has 0 bridgehead atoms. The predicted octanol–water partition coefficient (Wildman–Crippen LogP) is -0.400. The van der Waals surface area contributed by atoms with Crippen LogP contribution in [0.5, 0.6) is 0 Å². The Hall–Kier alpha value is -1.40. The molecule has 1 aromatic rings. The maximum absolute atomic E-state index is 12.2. The van der Waals surface area contributed by atoms with Crippen molar-refractivity contribution in [3.63, 3.8) is 0 Å². The van der Waals surface area contributed by atoms with Crippen LogP contribution < -0.4 is 0 Å². The van der Waals surface area contributed by atoms with E-state index in [1.165, 1.54) is 0 Å². The van der Waals surface area contributed by atoms with Gasteiger partial charge in [-0.25, -0.2) is 0 Å². The molecule has 2 aliphatic rings. The first-order valence-electron chi connectivity index (χ1n) is 6.91. The number of carbonyl (C=O) groups excluding carboxylic acids is 1. The number of ether oxygens (including phenoxy) is 1. The molecule has 2 aliphatic heterocycles. The summed E-state index contributed by atoms with van der Waals surface area (Å²) in [6.45, 7) is 6.50. The van der Waals surface area contributed by atoms with Gasteiger partial charge in [-0.3, -0.25) is 14.4 Å². The van der Waals surface area contributed by atoms with Crippen LogP contribution in [-0.2, 0) is 22.5 Å². The summed E-state index contributed by atoms with van der Waals surface area (Å²) in [6, 6.07) is 2.00. The van der Waals surface area contributed by atoms with Crippen molar-refractivity contribution >= 4 is 5.91 Å². The minimum atomic E-state index is 0.177. The van der Waals surface area contributed by atoms with Crippen LogP contribution in [0.2, 0.25) is 0 Å². The van der Waals surface area contributed by atoms with E-state index in [2.05, 4.69) is 10.00 Å². The SMILES string of the molecule is O=C1Cn2nccc2CCN1CCN1CCOCC1. The third-order valence-electron chi connectivity index (χ3n) is 3.87. The van der Waals surface area contributed by atoms with Gasteiger partial charge in [0.25, 0.3) is 0 Å². The van der Waals surface area contributed by atoms with Gasteiger partial charge >= 0.3 is 0 Å². The van der Waals surface area contributed by atoms with Crippen molar-refractivity contribution in [2.75, 3.05) is 45.9 Å². The summed E-state index contributed by atoms with van der Waals surface area (Å²) in [7, 11) is 0. The molecule has 0 aliphatic carbocycles. The summed E-state index contributed by atoms with van der Waals surface area (Å²) in [4.78, 5) is 16.5. The Balaban J connectivity index is 1.54. The molecule has 1 fully saturated rings. The van der Waals surface area contributed by atoms with Crippen LogP contribution in [0, 0.1) is 0 Å². The Morgan fingerprint density at radius 2 is 2.05 bits per heavy atom. The fourth-order valence-corrected chi connectivity index (χ4v) is 2.64. The number of aromatic nitrogens is 2. The lowest BCUT2D eigenvalue weighted by molar-refractivity contribution is -0.131. The molecule has 6 heteroatoms. The smallest absolute Gasteiger partial charge is 0.244 e. The van der Waals surface area contributed by atoms with E-state index in [-0.39, 0.29) is 5.91 Å². The molecule has 0 spiro atoms. The molecule has 3 heterocycles. The molecule has 6 nitrogen and oxygen atoms in total. The summed E-state index contributed by atoms with van der Waals surface area (Å²) in [6.07, 6.45) is 2.67. The number of amides is 1. The summed E-state index contributed by atoms with van der Waals surface area (Å²) in [5.41, 5.74) is 1.15. The summed E-state index contributed by atoms with van der Waals surface area (Å²) in [5.74, 6) is 0.177. The Morgan fingerprint density at radius 1 is 1.21 bits per heavy atom. The van der Waals surface area contributed by atoms with Gasteiger partial charge in [-0.15, -0.1) is 0 Å². The van der Waals surface area contributed by atoms with Crippen LogP contribution in [0.15, 0.2) is 12.3 Å². The van der Waals surface area contributed by atoms with Crippen LogP contribution in [0.1, 0.15) is 5.69 Å². The largest absolute Gasteiger partial charge is 0.379 e. The predicted molar refractivity (Wildman–Crippen MR) is 69.8 cm³/mol. The van der Waals surface area contributed by atoms with Crippen molar-refractivity contribution in [1.82, 2.24) is 19.6 Å². The zero-order valence-electron chi connectivity index (χ0n) is 11.1. The molecule has 104 valence electrons. The van der Waals surface area contributed by atoms with E-state index in [9.17, 15) is 4.79 Å². The van der Waals surface area contributed by atoms with E-state index < -0.39 is 0 Å². The zero-order chi connectivity index (χ0) is 13.1. The standard InChI is InChI=1S/C13H20N4O2/c18-13-11-17-12(1-3-14-17)2-4-16(13)6-5-15-7-9-19-10-8-15/h1,3H,2,4-11H2. The average Bonchev–Trinajstić information content (AvgIpc) is 2.81. The van der Waals surface area contributed by atoms with Gasteiger partial charge in [0, 0.05) is 51.0 Å². The van der Waals surface area contributed by atoms with Crippen molar-refractivity contribution in [2.24, 2.45) is 0 Å². The second kappa shape index (κ2) is 5.71. The van der Waals surface area contributed by atoms with Crippen LogP contribution in [0.3, 0.4) is 0 Å². The molecule has 0 saturated carbocycles. The van der Waals surface area contributed by atoms with E-state index in [1.54, 1.807) is 6.20 Å². The fourth-order valence-electron chi connectivity index (χ4n) is 2.64. The first-order chi connectivity index (χ1) is 9.33. The van der Waals surface area contributed by atoms with Crippen molar-refractivity contribution < 1.29 is 9.53 Å². The first kappa shape index (κ1) is 12.6. The van der Waals surface area contributed by atoms with Crippen molar-refractivity contribution in [3.8, 4) is 0 Å². The topological polar surface area (TPSA) is 50.6 Å². The summed E-state index contributed by atoms with van der Waals surface area (Å²) >= 11 is 0. The molecule has 1 saturated heterocycles. The van der Waals surface area contributed by atoms with E-state index in [0.29, 0.717) is 6.54 Å². The van der Waals surface area contributed by atoms with Crippen LogP contribution in [-0.4, -0.2) is 71.4 Å². The molecular formula is C13H20N4O2. The van der Waals surface area contributed by atoms with Crippen LogP contribution in [0.25, 0.3) is 0 Å². The molecule has 3 rings (SSSR count). The summed E-state index contributed by atoms with van der Waals surface area (Å²) < 4.78 is 7.15. The van der Waals surface area contributed by atoms with Gasteiger partial charge in [-0.1, -0.05) is 0 Å². The number of carbonyl (C=O) groups is 1. The molecule has 19 heavy (non-hydrogen) atoms. The van der Waals surface area contributed by atoms with Gasteiger partial charge in [-0.05, 0) is 6.07 Å². The molecule has 1 amide bonds. The molecule has 1 aromatic heterocycles. The Kier molecular flexibility index (Phi) is 3.79. The summed E-state index contributed by atoms with van der Waals surface area (Å²) in [5, 5.41) is 4.19. The van der Waals surface area contributed by atoms with Gasteiger partial charge < -0.3 is 9.64 Å². The lowest BCUT2D eigenvalue weighted by Gasteiger charge is -2.29. The molecule has 0 radical (unpaired) electrons. The van der Waals surface area contributed by atoms with E-state index in [0.717, 1.165) is 58.1 Å². The highest BCUT2D eigenvalue weighted by molar-refractivity contribution is 5.76. The number of hydrogen-bond donors (Lipinski definition) is 0. The third kappa shape index (κ3) is 2.96. The number of fused-ring (bicyclic) bond motifs is 1. The number of nitrogens with zero attached hydrogens (tertiary/aromatic N) is 4. The minimum Gasteiger partial charge on any atom is -0.379 e. The van der Waals surface area contributed by atoms with Crippen LogP contribution in [0.4, 0.5) is 0 Å². The highest BCUT2D eigenvalue weighted by Crippen LogP contribution is 2.09. The molecule has 0 unspecified atom stereocenters. The van der Waals surface area contributed by atoms with Crippen molar-refractivity contribution in [2.45, 2.75) is 13.0 Å². The minimum absolute atomic E-state index is 0.177. The Bertz CT molecular complexity index is 440.